The van der Waals surface area contributed by atoms with E-state index in [4.69, 9.17) is 21.1 Å². The minimum Gasteiger partial charge on any atom is -0.478 e. The van der Waals surface area contributed by atoms with Crippen molar-refractivity contribution in [1.29, 1.82) is 0 Å². The first-order valence-corrected chi connectivity index (χ1v) is 8.24. The molecule has 1 N–H and O–H groups in total. The van der Waals surface area contributed by atoms with E-state index in [0.29, 0.717) is 10.6 Å². The molecular weight excluding hydrogens is 316 g/mol. The molecule has 0 bridgehead atoms. The summed E-state index contributed by atoms with van der Waals surface area (Å²) in [5.74, 6) is -1.33. The van der Waals surface area contributed by atoms with E-state index in [9.17, 15) is 13.2 Å². The van der Waals surface area contributed by atoms with E-state index in [1.165, 1.54) is 13.0 Å². The van der Waals surface area contributed by atoms with Crippen molar-refractivity contribution in [3.8, 4) is 0 Å². The lowest BCUT2D eigenvalue weighted by molar-refractivity contribution is 0.0695. The number of rotatable bonds is 5. The molecule has 0 saturated heterocycles. The van der Waals surface area contributed by atoms with Crippen molar-refractivity contribution in [3.05, 3.63) is 58.0 Å². The van der Waals surface area contributed by atoms with Gasteiger partial charge in [-0.2, -0.15) is 0 Å². The second-order valence-corrected chi connectivity index (χ2v) is 7.15. The number of halogens is 1. The molecule has 0 aliphatic heterocycles. The fraction of sp³-hybridized carbons (Fsp3) is 0.214. The van der Waals surface area contributed by atoms with Gasteiger partial charge in [0.25, 0.3) is 0 Å². The molecule has 21 heavy (non-hydrogen) atoms. The van der Waals surface area contributed by atoms with Crippen LogP contribution in [0.25, 0.3) is 0 Å². The smallest absolute Gasteiger partial charge is 0.339 e. The highest BCUT2D eigenvalue weighted by Gasteiger charge is 2.19. The van der Waals surface area contributed by atoms with Crippen LogP contribution in [0.4, 0.5) is 0 Å². The normalized spacial score (nSPS) is 11.5. The molecule has 0 aliphatic rings. The van der Waals surface area contributed by atoms with E-state index in [-0.39, 0.29) is 28.6 Å². The Morgan fingerprint density at radius 1 is 1.24 bits per heavy atom. The van der Waals surface area contributed by atoms with Crippen LogP contribution in [0.15, 0.2) is 34.7 Å². The van der Waals surface area contributed by atoms with Gasteiger partial charge in [0.1, 0.15) is 22.8 Å². The fourth-order valence-electron chi connectivity index (χ4n) is 1.93. The SMILES string of the molecule is Cc1oc(CS(=O)(=O)Cc2ccc(Cl)cc2)cc1C(=O)O. The van der Waals surface area contributed by atoms with Crippen molar-refractivity contribution in [2.24, 2.45) is 0 Å². The van der Waals surface area contributed by atoms with Gasteiger partial charge in [-0.25, -0.2) is 13.2 Å². The third-order valence-electron chi connectivity index (χ3n) is 2.86. The van der Waals surface area contributed by atoms with Gasteiger partial charge in [0.05, 0.1) is 5.75 Å². The molecule has 5 nitrogen and oxygen atoms in total. The Bertz CT molecular complexity index is 759. The van der Waals surface area contributed by atoms with Crippen molar-refractivity contribution < 1.29 is 22.7 Å². The van der Waals surface area contributed by atoms with Gasteiger partial charge in [-0.15, -0.1) is 0 Å². The van der Waals surface area contributed by atoms with Crippen molar-refractivity contribution in [2.75, 3.05) is 0 Å². The van der Waals surface area contributed by atoms with Crippen LogP contribution < -0.4 is 0 Å². The van der Waals surface area contributed by atoms with Crippen LogP contribution in [0.2, 0.25) is 5.02 Å². The first-order valence-electron chi connectivity index (χ1n) is 6.04. The van der Waals surface area contributed by atoms with Gasteiger partial charge in [0, 0.05) is 5.02 Å². The van der Waals surface area contributed by atoms with Crippen LogP contribution >= 0.6 is 11.6 Å². The molecule has 0 saturated carbocycles. The third kappa shape index (κ3) is 4.09. The molecule has 2 aromatic rings. The topological polar surface area (TPSA) is 84.6 Å². The summed E-state index contributed by atoms with van der Waals surface area (Å²) in [5, 5.41) is 9.45. The standard InChI is InChI=1S/C14H13ClO5S/c1-9-13(14(16)17)6-12(20-9)8-21(18,19)7-10-2-4-11(15)5-3-10/h2-6H,7-8H2,1H3,(H,16,17). The van der Waals surface area contributed by atoms with Gasteiger partial charge in [0.2, 0.25) is 0 Å². The van der Waals surface area contributed by atoms with Crippen LogP contribution in [0.3, 0.4) is 0 Å². The zero-order chi connectivity index (χ0) is 15.6. The summed E-state index contributed by atoms with van der Waals surface area (Å²) in [7, 11) is -3.46. The monoisotopic (exact) mass is 328 g/mol. The Morgan fingerprint density at radius 3 is 2.38 bits per heavy atom. The summed E-state index contributed by atoms with van der Waals surface area (Å²) >= 11 is 5.74. The van der Waals surface area contributed by atoms with Gasteiger partial charge in [-0.3, -0.25) is 0 Å². The summed E-state index contributed by atoms with van der Waals surface area (Å²) in [5.41, 5.74) is 0.591. The number of benzene rings is 1. The summed E-state index contributed by atoms with van der Waals surface area (Å²) in [4.78, 5) is 10.9. The number of furan rings is 1. The molecule has 0 amide bonds. The van der Waals surface area contributed by atoms with E-state index < -0.39 is 15.8 Å². The van der Waals surface area contributed by atoms with Crippen LogP contribution in [-0.4, -0.2) is 19.5 Å². The minimum absolute atomic E-state index is 0.0216. The molecule has 2 rings (SSSR count). The summed E-state index contributed by atoms with van der Waals surface area (Å²) in [6.07, 6.45) is 0. The zero-order valence-corrected chi connectivity index (χ0v) is 12.7. The predicted octanol–water partition coefficient (Wildman–Crippen LogP) is 3.05. The molecule has 0 aliphatic carbocycles. The second-order valence-electron chi connectivity index (χ2n) is 4.65. The van der Waals surface area contributed by atoms with E-state index in [1.807, 2.05) is 0 Å². The highest BCUT2D eigenvalue weighted by Crippen LogP contribution is 2.19. The minimum atomic E-state index is -3.46. The van der Waals surface area contributed by atoms with Gasteiger partial charge in [0.15, 0.2) is 9.84 Å². The second kappa shape index (κ2) is 5.91. The largest absolute Gasteiger partial charge is 0.478 e. The van der Waals surface area contributed by atoms with Crippen molar-refractivity contribution in [3.63, 3.8) is 0 Å². The fourth-order valence-corrected chi connectivity index (χ4v) is 3.43. The molecule has 1 aromatic carbocycles. The van der Waals surface area contributed by atoms with Crippen LogP contribution in [0, 0.1) is 6.92 Å². The maximum absolute atomic E-state index is 12.1. The van der Waals surface area contributed by atoms with E-state index in [0.717, 1.165) is 0 Å². The van der Waals surface area contributed by atoms with Crippen molar-refractivity contribution >= 4 is 27.4 Å². The van der Waals surface area contributed by atoms with Gasteiger partial charge in [-0.05, 0) is 30.7 Å². The van der Waals surface area contributed by atoms with Crippen LogP contribution in [0.5, 0.6) is 0 Å². The van der Waals surface area contributed by atoms with Crippen LogP contribution in [-0.2, 0) is 21.3 Å². The number of hydrogen-bond donors (Lipinski definition) is 1. The van der Waals surface area contributed by atoms with E-state index >= 15 is 0 Å². The molecule has 1 heterocycles. The summed E-state index contributed by atoms with van der Waals surface area (Å²) in [6.45, 7) is 1.48. The van der Waals surface area contributed by atoms with Gasteiger partial charge < -0.3 is 9.52 Å². The van der Waals surface area contributed by atoms with Crippen LogP contribution in [0.1, 0.15) is 27.4 Å². The van der Waals surface area contributed by atoms with Crippen molar-refractivity contribution in [1.82, 2.24) is 0 Å². The van der Waals surface area contributed by atoms with Gasteiger partial charge >= 0.3 is 5.97 Å². The summed E-state index contributed by atoms with van der Waals surface area (Å²) < 4.78 is 29.4. The molecule has 0 atom stereocenters. The number of hydrogen-bond acceptors (Lipinski definition) is 4. The highest BCUT2D eigenvalue weighted by atomic mass is 35.5. The Labute approximate surface area is 127 Å². The quantitative estimate of drug-likeness (QED) is 0.911. The maximum atomic E-state index is 12.1. The molecule has 0 radical (unpaired) electrons. The van der Waals surface area contributed by atoms with E-state index in [1.54, 1.807) is 24.3 Å². The van der Waals surface area contributed by atoms with E-state index in [2.05, 4.69) is 0 Å². The Morgan fingerprint density at radius 2 is 1.86 bits per heavy atom. The molecule has 0 unspecified atom stereocenters. The molecule has 7 heteroatoms. The number of aromatic carboxylic acids is 1. The first-order chi connectivity index (χ1) is 9.77. The third-order valence-corrected chi connectivity index (χ3v) is 4.61. The lowest BCUT2D eigenvalue weighted by Gasteiger charge is -2.03. The average Bonchev–Trinajstić information content (AvgIpc) is 2.72. The Hall–Kier alpha value is -1.79. The Balaban J connectivity index is 2.16. The molecule has 0 fully saturated rings. The average molecular weight is 329 g/mol. The number of carboxylic acids is 1. The predicted molar refractivity (Wildman–Crippen MR) is 78.2 cm³/mol. The number of aryl methyl sites for hydroxylation is 1. The Kier molecular flexibility index (Phi) is 4.39. The lowest BCUT2D eigenvalue weighted by Crippen LogP contribution is -2.07. The highest BCUT2D eigenvalue weighted by molar-refractivity contribution is 7.89. The van der Waals surface area contributed by atoms with Gasteiger partial charge in [-0.1, -0.05) is 23.7 Å². The number of sulfone groups is 1. The molecule has 0 spiro atoms. The number of carboxylic acid groups (broad SMARTS) is 1. The zero-order valence-electron chi connectivity index (χ0n) is 11.2. The summed E-state index contributed by atoms with van der Waals surface area (Å²) in [6, 6.07) is 7.75. The lowest BCUT2D eigenvalue weighted by atomic mass is 10.2. The first kappa shape index (κ1) is 15.6. The molecule has 112 valence electrons. The molecular formula is C14H13ClO5S. The molecule has 1 aromatic heterocycles. The number of carbonyl (C=O) groups is 1. The maximum Gasteiger partial charge on any atom is 0.339 e. The van der Waals surface area contributed by atoms with Crippen molar-refractivity contribution in [2.45, 2.75) is 18.4 Å².